The summed E-state index contributed by atoms with van der Waals surface area (Å²) in [6.45, 7) is 22.1. The van der Waals surface area contributed by atoms with E-state index in [9.17, 15) is 4.79 Å². The van der Waals surface area contributed by atoms with E-state index in [4.69, 9.17) is 0 Å². The Hall–Kier alpha value is -4.54. The number of nitrogens with one attached hydrogen (secondary N) is 1. The molecular weight excluding hydrogens is 676 g/mol. The maximum Gasteiger partial charge on any atom is 0.249 e. The minimum Gasteiger partial charge on any atom is -0.322 e. The van der Waals surface area contributed by atoms with Gasteiger partial charge in [0.05, 0.1) is 5.69 Å². The highest BCUT2D eigenvalue weighted by atomic mass is 79.9. The van der Waals surface area contributed by atoms with Crippen molar-refractivity contribution in [1.29, 1.82) is 0 Å². The zero-order valence-electron chi connectivity index (χ0n) is 31.1. The van der Waals surface area contributed by atoms with E-state index in [-0.39, 0.29) is 16.4 Å². The molecule has 4 heteroatoms. The number of aromatic amines is 1. The molecule has 3 nitrogen and oxygen atoms in total. The van der Waals surface area contributed by atoms with Crippen molar-refractivity contribution in [2.45, 2.75) is 80.1 Å². The quantitative estimate of drug-likeness (QED) is 0.184. The second-order valence-electron chi connectivity index (χ2n) is 15.4. The summed E-state index contributed by atoms with van der Waals surface area (Å²) in [6, 6.07) is 37.5. The number of halogens is 1. The van der Waals surface area contributed by atoms with Crippen LogP contribution in [0.25, 0.3) is 44.8 Å². The number of hydrogen-bond donors (Lipinski definition) is 1. The molecule has 0 aliphatic heterocycles. The average Bonchev–Trinajstić information content (AvgIpc) is 3.04. The third-order valence-electron chi connectivity index (χ3n) is 9.17. The van der Waals surface area contributed by atoms with Crippen LogP contribution in [-0.4, -0.2) is 9.97 Å². The summed E-state index contributed by atoms with van der Waals surface area (Å²) in [5.74, 6) is 0. The van der Waals surface area contributed by atoms with Gasteiger partial charge in [0.1, 0.15) is 4.60 Å². The van der Waals surface area contributed by atoms with Gasteiger partial charge in [-0.1, -0.05) is 126 Å². The van der Waals surface area contributed by atoms with Crippen molar-refractivity contribution < 1.29 is 0 Å². The van der Waals surface area contributed by atoms with Crippen LogP contribution in [0.5, 0.6) is 0 Å². The number of aryl methyl sites for hydroxylation is 4. The van der Waals surface area contributed by atoms with Crippen molar-refractivity contribution in [2.75, 3.05) is 0 Å². The lowest BCUT2D eigenvalue weighted by atomic mass is 9.82. The third-order valence-corrected chi connectivity index (χ3v) is 9.57. The second kappa shape index (κ2) is 14.7. The first-order chi connectivity index (χ1) is 23.5. The number of H-pyrrole nitrogens is 1. The van der Waals surface area contributed by atoms with Gasteiger partial charge in [0, 0.05) is 17.3 Å². The van der Waals surface area contributed by atoms with Crippen LogP contribution in [0, 0.1) is 27.7 Å². The second-order valence-corrected chi connectivity index (χ2v) is 16.2. The number of aromatic nitrogens is 2. The molecule has 0 saturated heterocycles. The van der Waals surface area contributed by atoms with Crippen molar-refractivity contribution in [2.24, 2.45) is 0 Å². The molecule has 0 aliphatic rings. The van der Waals surface area contributed by atoms with Crippen LogP contribution in [0.3, 0.4) is 0 Å². The van der Waals surface area contributed by atoms with Gasteiger partial charge in [-0.3, -0.25) is 4.79 Å². The average molecular weight is 726 g/mol. The summed E-state index contributed by atoms with van der Waals surface area (Å²) in [4.78, 5) is 19.9. The number of nitrogens with zero attached hydrogens (tertiary/aromatic N) is 1. The molecule has 6 aromatic rings. The maximum atomic E-state index is 12.3. The summed E-state index contributed by atoms with van der Waals surface area (Å²) in [5.41, 5.74) is 16.5. The van der Waals surface area contributed by atoms with E-state index in [1.807, 2.05) is 48.5 Å². The molecule has 0 radical (unpaired) electrons. The Morgan fingerprint density at radius 3 is 1.38 bits per heavy atom. The van der Waals surface area contributed by atoms with Crippen molar-refractivity contribution in [3.8, 4) is 44.8 Å². The van der Waals surface area contributed by atoms with Gasteiger partial charge < -0.3 is 4.98 Å². The van der Waals surface area contributed by atoms with Crippen LogP contribution in [0.15, 0.2) is 119 Å². The zero-order chi connectivity index (χ0) is 36.4. The number of pyridine rings is 2. The van der Waals surface area contributed by atoms with Gasteiger partial charge in [-0.05, 0) is 134 Å². The molecule has 0 amide bonds. The smallest absolute Gasteiger partial charge is 0.249 e. The van der Waals surface area contributed by atoms with E-state index in [1.54, 1.807) is 6.07 Å². The molecule has 2 aromatic heterocycles. The molecule has 6 rings (SSSR count). The molecule has 0 aliphatic carbocycles. The van der Waals surface area contributed by atoms with E-state index in [1.165, 1.54) is 44.5 Å². The van der Waals surface area contributed by atoms with Gasteiger partial charge in [0.25, 0.3) is 0 Å². The molecule has 4 aromatic carbocycles. The van der Waals surface area contributed by atoms with Gasteiger partial charge in [-0.25, -0.2) is 4.98 Å². The monoisotopic (exact) mass is 724 g/mol. The SMILES string of the molecule is Cc1cc(C(C)(C)C)cc(C)c1-c1cc(-c2ccccc2)[nH]c(=O)c1.Cc1cc(C(C)(C)C)cc(C)c1-c1cc(Br)nc(-c2ccccc2)c1. The van der Waals surface area contributed by atoms with Crippen molar-refractivity contribution >= 4 is 15.9 Å². The summed E-state index contributed by atoms with van der Waals surface area (Å²) in [7, 11) is 0. The fraction of sp³-hybridized carbons (Fsp3) is 0.261. The largest absolute Gasteiger partial charge is 0.322 e. The summed E-state index contributed by atoms with van der Waals surface area (Å²) in [5, 5.41) is 0. The standard InChI is InChI=1S/C23H24BrN.C23H25NO/c1-15-11-19(23(3,4)5)12-16(2)22(15)18-13-20(25-21(24)14-18)17-9-7-6-8-10-17;1-15-11-19(23(3,4)5)12-16(2)22(15)18-13-20(24-21(25)14-18)17-9-7-6-8-10-17/h6-14H,1-5H3;6-14H,1-5H3,(H,24,25). The van der Waals surface area contributed by atoms with E-state index in [2.05, 4.69) is 150 Å². The lowest BCUT2D eigenvalue weighted by molar-refractivity contribution is 0.589. The van der Waals surface area contributed by atoms with E-state index in [0.717, 1.165) is 38.2 Å². The Bertz CT molecular complexity index is 2140. The Morgan fingerprint density at radius 2 is 0.940 bits per heavy atom. The van der Waals surface area contributed by atoms with E-state index < -0.39 is 0 Å². The minimum absolute atomic E-state index is 0.0740. The molecule has 256 valence electrons. The first kappa shape index (κ1) is 36.7. The van der Waals surface area contributed by atoms with Crippen LogP contribution < -0.4 is 5.56 Å². The van der Waals surface area contributed by atoms with Gasteiger partial charge >= 0.3 is 0 Å². The highest BCUT2D eigenvalue weighted by Crippen LogP contribution is 2.36. The Balaban J connectivity index is 0.000000194. The third kappa shape index (κ3) is 8.60. The number of rotatable bonds is 4. The number of benzene rings is 4. The van der Waals surface area contributed by atoms with Gasteiger partial charge in [0.2, 0.25) is 5.56 Å². The summed E-state index contributed by atoms with van der Waals surface area (Å²) >= 11 is 3.59. The van der Waals surface area contributed by atoms with Crippen LogP contribution >= 0.6 is 15.9 Å². The van der Waals surface area contributed by atoms with Crippen molar-refractivity contribution in [3.05, 3.63) is 158 Å². The lowest BCUT2D eigenvalue weighted by Gasteiger charge is -2.22. The lowest BCUT2D eigenvalue weighted by Crippen LogP contribution is -2.12. The normalized spacial score (nSPS) is 11.6. The molecule has 50 heavy (non-hydrogen) atoms. The fourth-order valence-corrected chi connectivity index (χ4v) is 7.00. The highest BCUT2D eigenvalue weighted by Gasteiger charge is 2.19. The van der Waals surface area contributed by atoms with Crippen LogP contribution in [0.4, 0.5) is 0 Å². The highest BCUT2D eigenvalue weighted by molar-refractivity contribution is 9.10. The van der Waals surface area contributed by atoms with Crippen LogP contribution in [-0.2, 0) is 10.8 Å². The van der Waals surface area contributed by atoms with E-state index in [0.29, 0.717) is 0 Å². The molecule has 1 N–H and O–H groups in total. The maximum absolute atomic E-state index is 12.3. The zero-order valence-corrected chi connectivity index (χ0v) is 32.7. The first-order valence-corrected chi connectivity index (χ1v) is 18.1. The summed E-state index contributed by atoms with van der Waals surface area (Å²) < 4.78 is 0.863. The summed E-state index contributed by atoms with van der Waals surface area (Å²) in [6.07, 6.45) is 0. The van der Waals surface area contributed by atoms with Gasteiger partial charge in [0.15, 0.2) is 0 Å². The Morgan fingerprint density at radius 1 is 0.520 bits per heavy atom. The molecule has 0 saturated carbocycles. The molecule has 0 unspecified atom stereocenters. The van der Waals surface area contributed by atoms with Crippen LogP contribution in [0.2, 0.25) is 0 Å². The Labute approximate surface area is 307 Å². The van der Waals surface area contributed by atoms with Crippen LogP contribution in [0.1, 0.15) is 74.9 Å². The predicted molar refractivity (Wildman–Crippen MR) is 217 cm³/mol. The van der Waals surface area contributed by atoms with E-state index >= 15 is 0 Å². The number of hydrogen-bond acceptors (Lipinski definition) is 2. The Kier molecular flexibility index (Phi) is 10.8. The fourth-order valence-electron chi connectivity index (χ4n) is 6.56. The molecule has 0 spiro atoms. The molecule has 0 fully saturated rings. The van der Waals surface area contributed by atoms with Gasteiger partial charge in [-0.2, -0.15) is 0 Å². The molecule has 2 heterocycles. The first-order valence-electron chi connectivity index (χ1n) is 17.3. The van der Waals surface area contributed by atoms with Crippen molar-refractivity contribution in [1.82, 2.24) is 9.97 Å². The predicted octanol–water partition coefficient (Wildman–Crippen LogP) is 12.7. The minimum atomic E-state index is -0.0740. The van der Waals surface area contributed by atoms with Crippen molar-refractivity contribution in [3.63, 3.8) is 0 Å². The molecule has 0 bridgehead atoms. The molecule has 0 atom stereocenters. The molecular formula is C46H49BrN2O. The topological polar surface area (TPSA) is 45.8 Å². The van der Waals surface area contributed by atoms with Gasteiger partial charge in [-0.15, -0.1) is 0 Å².